The maximum absolute atomic E-state index is 12.2. The molecule has 0 N–H and O–H groups in total. The Morgan fingerprint density at radius 3 is 2.56 bits per heavy atom. The summed E-state index contributed by atoms with van der Waals surface area (Å²) in [4.78, 5) is 16.5. The van der Waals surface area contributed by atoms with Gasteiger partial charge < -0.3 is 9.80 Å². The van der Waals surface area contributed by atoms with Crippen molar-refractivity contribution in [3.05, 3.63) is 29.8 Å². The first kappa shape index (κ1) is 11.6. The van der Waals surface area contributed by atoms with Crippen molar-refractivity contribution in [3.8, 4) is 0 Å². The molecule has 18 heavy (non-hydrogen) atoms. The zero-order valence-electron chi connectivity index (χ0n) is 11.5. The Morgan fingerprint density at radius 1 is 1.22 bits per heavy atom. The van der Waals surface area contributed by atoms with E-state index in [0.717, 1.165) is 6.54 Å². The molecule has 1 unspecified atom stereocenters. The smallest absolute Gasteiger partial charge is 0.244 e. The number of rotatable bonds is 1. The van der Waals surface area contributed by atoms with Gasteiger partial charge in [-0.1, -0.05) is 32.0 Å². The third-order valence-electron chi connectivity index (χ3n) is 5.01. The molecular weight excluding hydrogens is 224 g/mol. The van der Waals surface area contributed by atoms with Crippen molar-refractivity contribution in [1.82, 2.24) is 4.90 Å². The number of nitrogens with zero attached hydrogens (tertiary/aromatic N) is 2. The van der Waals surface area contributed by atoms with Crippen LogP contribution in [-0.2, 0) is 10.2 Å². The lowest BCUT2D eigenvalue weighted by atomic mass is 9.76. The van der Waals surface area contributed by atoms with E-state index < -0.39 is 0 Å². The third kappa shape index (κ3) is 1.03. The second-order valence-corrected chi connectivity index (χ2v) is 5.89. The fourth-order valence-electron chi connectivity index (χ4n) is 3.73. The molecule has 0 aliphatic carbocycles. The van der Waals surface area contributed by atoms with Gasteiger partial charge in [0.05, 0.1) is 6.54 Å². The Balaban J connectivity index is 2.25. The number of hydrogen-bond acceptors (Lipinski definition) is 2. The van der Waals surface area contributed by atoms with Gasteiger partial charge in [-0.25, -0.2) is 0 Å². The molecule has 3 heteroatoms. The van der Waals surface area contributed by atoms with Gasteiger partial charge in [-0.2, -0.15) is 0 Å². The highest BCUT2D eigenvalue weighted by atomic mass is 16.2. The molecule has 96 valence electrons. The summed E-state index contributed by atoms with van der Waals surface area (Å²) in [6.45, 7) is 10.0. The molecule has 1 aromatic carbocycles. The Morgan fingerprint density at radius 2 is 1.89 bits per heavy atom. The van der Waals surface area contributed by atoms with E-state index in [1.54, 1.807) is 0 Å². The van der Waals surface area contributed by atoms with Gasteiger partial charge in [-0.3, -0.25) is 4.79 Å². The van der Waals surface area contributed by atoms with E-state index in [-0.39, 0.29) is 17.0 Å². The fraction of sp³-hybridized carbons (Fsp3) is 0.533. The van der Waals surface area contributed by atoms with Crippen LogP contribution in [0.15, 0.2) is 24.3 Å². The summed E-state index contributed by atoms with van der Waals surface area (Å²) in [7, 11) is 0. The zero-order valence-corrected chi connectivity index (χ0v) is 11.5. The predicted molar refractivity (Wildman–Crippen MR) is 72.6 cm³/mol. The van der Waals surface area contributed by atoms with Crippen molar-refractivity contribution in [3.63, 3.8) is 0 Å². The van der Waals surface area contributed by atoms with E-state index in [4.69, 9.17) is 0 Å². The van der Waals surface area contributed by atoms with Crippen LogP contribution in [-0.4, -0.2) is 29.6 Å². The van der Waals surface area contributed by atoms with Crippen LogP contribution in [0, 0.1) is 0 Å². The normalized spacial score (nSPS) is 28.6. The minimum atomic E-state index is -0.234. The van der Waals surface area contributed by atoms with E-state index >= 15 is 0 Å². The number of benzene rings is 1. The number of carbonyl (C=O) groups is 1. The van der Waals surface area contributed by atoms with Gasteiger partial charge in [0, 0.05) is 17.6 Å². The molecule has 2 heterocycles. The van der Waals surface area contributed by atoms with E-state index in [2.05, 4.69) is 56.9 Å². The number of amides is 1. The summed E-state index contributed by atoms with van der Waals surface area (Å²) in [5.74, 6) is 0.238. The van der Waals surface area contributed by atoms with Crippen molar-refractivity contribution in [1.29, 1.82) is 0 Å². The van der Waals surface area contributed by atoms with Crippen LogP contribution in [0.3, 0.4) is 0 Å². The van der Waals surface area contributed by atoms with Crippen LogP contribution in [0.1, 0.15) is 33.3 Å². The Kier molecular flexibility index (Phi) is 2.11. The van der Waals surface area contributed by atoms with Crippen LogP contribution in [0.2, 0.25) is 0 Å². The minimum Gasteiger partial charge on any atom is -0.338 e. The number of likely N-dealkylation sites (N-methyl/N-ethyl adjacent to an activating group) is 1. The predicted octanol–water partition coefficient (Wildman–Crippen LogP) is 2.36. The largest absolute Gasteiger partial charge is 0.338 e. The first-order valence-electron chi connectivity index (χ1n) is 6.62. The molecule has 2 aliphatic rings. The van der Waals surface area contributed by atoms with Crippen molar-refractivity contribution in [2.45, 2.75) is 38.8 Å². The number of fused-ring (bicyclic) bond motifs is 3. The van der Waals surface area contributed by atoms with Crippen LogP contribution < -0.4 is 4.90 Å². The van der Waals surface area contributed by atoms with E-state index in [1.807, 2.05) is 4.90 Å². The van der Waals surface area contributed by atoms with Crippen LogP contribution in [0.5, 0.6) is 0 Å². The molecule has 0 spiro atoms. The molecule has 0 bridgehead atoms. The molecule has 0 radical (unpaired) electrons. The molecule has 1 amide bonds. The maximum atomic E-state index is 12.2. The van der Waals surface area contributed by atoms with E-state index in [0.29, 0.717) is 6.54 Å². The maximum Gasteiger partial charge on any atom is 0.244 e. The summed E-state index contributed by atoms with van der Waals surface area (Å²) in [5.41, 5.74) is 2.28. The lowest BCUT2D eigenvalue weighted by Gasteiger charge is -2.45. The second kappa shape index (κ2) is 3.28. The van der Waals surface area contributed by atoms with Gasteiger partial charge >= 0.3 is 0 Å². The van der Waals surface area contributed by atoms with Crippen molar-refractivity contribution in [2.75, 3.05) is 18.0 Å². The number of anilines is 1. The first-order valence-corrected chi connectivity index (χ1v) is 6.62. The quantitative estimate of drug-likeness (QED) is 0.757. The Hall–Kier alpha value is -1.51. The van der Waals surface area contributed by atoms with Gasteiger partial charge in [0.15, 0.2) is 0 Å². The van der Waals surface area contributed by atoms with Crippen LogP contribution in [0.25, 0.3) is 0 Å². The van der Waals surface area contributed by atoms with Gasteiger partial charge in [0.1, 0.15) is 5.66 Å². The molecule has 1 saturated heterocycles. The highest BCUT2D eigenvalue weighted by Crippen LogP contribution is 2.54. The summed E-state index contributed by atoms with van der Waals surface area (Å²) >= 11 is 0. The lowest BCUT2D eigenvalue weighted by Crippen LogP contribution is -2.59. The number of para-hydroxylation sites is 1. The fourth-order valence-corrected chi connectivity index (χ4v) is 3.73. The SMILES string of the molecule is CCN1C(=O)CN2c3ccccc3C(C)(C)C12C. The molecular formula is C15H20N2O. The van der Waals surface area contributed by atoms with Gasteiger partial charge in [0.2, 0.25) is 5.91 Å². The Labute approximate surface area is 108 Å². The molecule has 1 atom stereocenters. The Bertz CT molecular complexity index is 523. The van der Waals surface area contributed by atoms with Crippen molar-refractivity contribution >= 4 is 11.6 Å². The molecule has 3 nitrogen and oxygen atoms in total. The summed E-state index contributed by atoms with van der Waals surface area (Å²) in [6, 6.07) is 8.47. The third-order valence-corrected chi connectivity index (χ3v) is 5.01. The molecule has 1 fully saturated rings. The highest BCUT2D eigenvalue weighted by Gasteiger charge is 2.61. The molecule has 0 aromatic heterocycles. The highest BCUT2D eigenvalue weighted by molar-refractivity contribution is 5.90. The summed E-state index contributed by atoms with van der Waals surface area (Å²) in [6.07, 6.45) is 0. The van der Waals surface area contributed by atoms with Crippen molar-refractivity contribution in [2.24, 2.45) is 0 Å². The van der Waals surface area contributed by atoms with Crippen molar-refractivity contribution < 1.29 is 4.79 Å². The van der Waals surface area contributed by atoms with E-state index in [1.165, 1.54) is 11.3 Å². The lowest BCUT2D eigenvalue weighted by molar-refractivity contribution is -0.131. The number of carbonyl (C=O) groups excluding carboxylic acids is 1. The monoisotopic (exact) mass is 244 g/mol. The standard InChI is InChI=1S/C15H20N2O/c1-5-16-13(18)10-17-12-9-7-6-8-11(12)14(2,3)15(16,17)4/h6-9H,5,10H2,1-4H3. The molecule has 3 rings (SSSR count). The molecule has 0 saturated carbocycles. The van der Waals surface area contributed by atoms with Gasteiger partial charge in [-0.15, -0.1) is 0 Å². The van der Waals surface area contributed by atoms with Gasteiger partial charge in [-0.05, 0) is 25.5 Å². The summed E-state index contributed by atoms with van der Waals surface area (Å²) in [5, 5.41) is 0. The number of hydrogen-bond donors (Lipinski definition) is 0. The van der Waals surface area contributed by atoms with E-state index in [9.17, 15) is 4.79 Å². The van der Waals surface area contributed by atoms with Crippen LogP contribution >= 0.6 is 0 Å². The average Bonchev–Trinajstić information content (AvgIpc) is 2.69. The van der Waals surface area contributed by atoms with Crippen LogP contribution in [0.4, 0.5) is 5.69 Å². The topological polar surface area (TPSA) is 23.6 Å². The van der Waals surface area contributed by atoms with Gasteiger partial charge in [0.25, 0.3) is 0 Å². The zero-order chi connectivity index (χ0) is 13.1. The minimum absolute atomic E-state index is 0.0498. The summed E-state index contributed by atoms with van der Waals surface area (Å²) < 4.78 is 0. The average molecular weight is 244 g/mol. The second-order valence-electron chi connectivity index (χ2n) is 5.89. The molecule has 2 aliphatic heterocycles. The molecule has 1 aromatic rings. The first-order chi connectivity index (χ1) is 8.44.